The summed E-state index contributed by atoms with van der Waals surface area (Å²) in [7, 11) is 0. The van der Waals surface area contributed by atoms with Crippen molar-refractivity contribution in [1.29, 1.82) is 0 Å². The average molecular weight is 153 g/mol. The molecule has 0 bridgehead atoms. The molecule has 11 heavy (non-hydrogen) atoms. The number of aromatic nitrogens is 2. The molecule has 0 aliphatic heterocycles. The summed E-state index contributed by atoms with van der Waals surface area (Å²) in [5.74, 6) is -1.21. The fourth-order valence-electron chi connectivity index (χ4n) is 0.644. The average Bonchev–Trinajstić information content (AvgIpc) is 1.94. The number of nitrogens with two attached hydrogens (primary N) is 1. The Kier molecular flexibility index (Phi) is 1.72. The number of carboxylic acid groups (broad SMARTS) is 1. The lowest BCUT2D eigenvalue weighted by Gasteiger charge is -1.97. The van der Waals surface area contributed by atoms with E-state index in [1.807, 2.05) is 0 Å². The standard InChI is InChI=1S/C6H7N3O2/c1-3-2-8-5(7)4(9-3)6(10)11/h2H,1H3,(H2,7,8)(H,10,11). The number of nitrogen functional groups attached to an aromatic ring is 1. The summed E-state index contributed by atoms with van der Waals surface area (Å²) in [4.78, 5) is 17.7. The predicted octanol–water partition coefficient (Wildman–Crippen LogP) is 0.0654. The van der Waals surface area contributed by atoms with Gasteiger partial charge in [-0.2, -0.15) is 0 Å². The van der Waals surface area contributed by atoms with Gasteiger partial charge in [0, 0.05) is 0 Å². The number of aryl methyl sites for hydroxylation is 1. The van der Waals surface area contributed by atoms with Crippen LogP contribution < -0.4 is 5.73 Å². The summed E-state index contributed by atoms with van der Waals surface area (Å²) in [6, 6.07) is 0. The number of nitrogens with zero attached hydrogens (tertiary/aromatic N) is 2. The lowest BCUT2D eigenvalue weighted by Crippen LogP contribution is -2.08. The van der Waals surface area contributed by atoms with E-state index in [-0.39, 0.29) is 11.5 Å². The van der Waals surface area contributed by atoms with Crippen molar-refractivity contribution in [2.45, 2.75) is 6.92 Å². The molecular formula is C6H7N3O2. The zero-order valence-corrected chi connectivity index (χ0v) is 5.90. The fraction of sp³-hybridized carbons (Fsp3) is 0.167. The summed E-state index contributed by atoms with van der Waals surface area (Å²) in [5.41, 5.74) is 5.58. The van der Waals surface area contributed by atoms with Crippen LogP contribution in [-0.4, -0.2) is 21.0 Å². The van der Waals surface area contributed by atoms with Crippen molar-refractivity contribution < 1.29 is 9.90 Å². The first-order valence-corrected chi connectivity index (χ1v) is 2.93. The number of aromatic carboxylic acids is 1. The molecule has 1 aromatic rings. The van der Waals surface area contributed by atoms with Gasteiger partial charge in [-0.3, -0.25) is 0 Å². The monoisotopic (exact) mass is 153 g/mol. The van der Waals surface area contributed by atoms with Gasteiger partial charge in [0.1, 0.15) is 0 Å². The smallest absolute Gasteiger partial charge is 0.358 e. The zero-order valence-electron chi connectivity index (χ0n) is 5.90. The molecule has 1 heterocycles. The van der Waals surface area contributed by atoms with E-state index in [0.29, 0.717) is 5.69 Å². The van der Waals surface area contributed by atoms with Gasteiger partial charge in [-0.25, -0.2) is 14.8 Å². The van der Waals surface area contributed by atoms with Crippen LogP contribution >= 0.6 is 0 Å². The molecule has 1 rings (SSSR count). The molecule has 5 nitrogen and oxygen atoms in total. The molecule has 0 aliphatic rings. The number of anilines is 1. The van der Waals surface area contributed by atoms with Gasteiger partial charge in [0.25, 0.3) is 0 Å². The molecule has 3 N–H and O–H groups in total. The van der Waals surface area contributed by atoms with Crippen molar-refractivity contribution in [2.24, 2.45) is 0 Å². The van der Waals surface area contributed by atoms with E-state index in [1.54, 1.807) is 6.92 Å². The Hall–Kier alpha value is -1.65. The molecule has 0 fully saturated rings. The first-order chi connectivity index (χ1) is 5.11. The molecule has 58 valence electrons. The van der Waals surface area contributed by atoms with Crippen molar-refractivity contribution in [3.05, 3.63) is 17.6 Å². The molecular weight excluding hydrogens is 146 g/mol. The molecule has 0 radical (unpaired) electrons. The van der Waals surface area contributed by atoms with Gasteiger partial charge < -0.3 is 10.8 Å². The van der Waals surface area contributed by atoms with E-state index in [1.165, 1.54) is 6.20 Å². The van der Waals surface area contributed by atoms with E-state index in [4.69, 9.17) is 10.8 Å². The molecule has 0 spiro atoms. The maximum absolute atomic E-state index is 10.4. The number of rotatable bonds is 1. The summed E-state index contributed by atoms with van der Waals surface area (Å²) in [5, 5.41) is 8.51. The summed E-state index contributed by atoms with van der Waals surface area (Å²) >= 11 is 0. The Morgan fingerprint density at radius 1 is 1.73 bits per heavy atom. The molecule has 0 unspecified atom stereocenters. The Morgan fingerprint density at radius 2 is 2.36 bits per heavy atom. The van der Waals surface area contributed by atoms with Crippen LogP contribution in [0, 0.1) is 6.92 Å². The van der Waals surface area contributed by atoms with Crippen molar-refractivity contribution in [3.8, 4) is 0 Å². The van der Waals surface area contributed by atoms with Crippen LogP contribution in [0.15, 0.2) is 6.20 Å². The first-order valence-electron chi connectivity index (χ1n) is 2.93. The van der Waals surface area contributed by atoms with Crippen LogP contribution in [0.1, 0.15) is 16.2 Å². The Labute approximate surface area is 62.9 Å². The molecule has 0 saturated heterocycles. The molecule has 0 saturated carbocycles. The molecule has 1 aromatic heterocycles. The lowest BCUT2D eigenvalue weighted by atomic mass is 10.4. The third kappa shape index (κ3) is 1.43. The number of carboxylic acids is 1. The maximum Gasteiger partial charge on any atom is 0.358 e. The summed E-state index contributed by atoms with van der Waals surface area (Å²) in [6.45, 7) is 1.65. The second kappa shape index (κ2) is 2.53. The van der Waals surface area contributed by atoms with E-state index in [2.05, 4.69) is 9.97 Å². The van der Waals surface area contributed by atoms with E-state index in [0.717, 1.165) is 0 Å². The second-order valence-electron chi connectivity index (χ2n) is 2.05. The Bertz CT molecular complexity index is 298. The van der Waals surface area contributed by atoms with Crippen molar-refractivity contribution in [3.63, 3.8) is 0 Å². The van der Waals surface area contributed by atoms with Gasteiger partial charge in [-0.1, -0.05) is 0 Å². The minimum absolute atomic E-state index is 0.0527. The fourth-order valence-corrected chi connectivity index (χ4v) is 0.644. The molecule has 5 heteroatoms. The highest BCUT2D eigenvalue weighted by molar-refractivity contribution is 5.90. The van der Waals surface area contributed by atoms with Gasteiger partial charge in [-0.15, -0.1) is 0 Å². The van der Waals surface area contributed by atoms with Gasteiger partial charge in [0.2, 0.25) is 0 Å². The number of hydrogen-bond donors (Lipinski definition) is 2. The van der Waals surface area contributed by atoms with Gasteiger partial charge in [0.15, 0.2) is 11.5 Å². The van der Waals surface area contributed by atoms with Crippen molar-refractivity contribution in [1.82, 2.24) is 9.97 Å². The highest BCUT2D eigenvalue weighted by Gasteiger charge is 2.09. The highest BCUT2D eigenvalue weighted by atomic mass is 16.4. The predicted molar refractivity (Wildman–Crippen MR) is 38.1 cm³/mol. The van der Waals surface area contributed by atoms with Crippen LogP contribution in [0.5, 0.6) is 0 Å². The van der Waals surface area contributed by atoms with E-state index < -0.39 is 5.97 Å². The van der Waals surface area contributed by atoms with Gasteiger partial charge in [0.05, 0.1) is 11.9 Å². The minimum Gasteiger partial charge on any atom is -0.476 e. The van der Waals surface area contributed by atoms with Gasteiger partial charge >= 0.3 is 5.97 Å². The van der Waals surface area contributed by atoms with E-state index >= 15 is 0 Å². The van der Waals surface area contributed by atoms with Crippen molar-refractivity contribution in [2.75, 3.05) is 5.73 Å². The topological polar surface area (TPSA) is 89.1 Å². The second-order valence-corrected chi connectivity index (χ2v) is 2.05. The number of hydrogen-bond acceptors (Lipinski definition) is 4. The quantitative estimate of drug-likeness (QED) is 0.595. The first kappa shape index (κ1) is 7.46. The summed E-state index contributed by atoms with van der Waals surface area (Å²) < 4.78 is 0. The molecule has 0 atom stereocenters. The van der Waals surface area contributed by atoms with E-state index in [9.17, 15) is 4.79 Å². The van der Waals surface area contributed by atoms with Crippen LogP contribution in [-0.2, 0) is 0 Å². The Morgan fingerprint density at radius 3 is 2.82 bits per heavy atom. The van der Waals surface area contributed by atoms with Crippen LogP contribution in [0.2, 0.25) is 0 Å². The van der Waals surface area contributed by atoms with Crippen molar-refractivity contribution >= 4 is 11.8 Å². The molecule has 0 amide bonds. The minimum atomic E-state index is -1.15. The zero-order chi connectivity index (χ0) is 8.43. The third-order valence-corrected chi connectivity index (χ3v) is 1.12. The molecule has 0 aliphatic carbocycles. The largest absolute Gasteiger partial charge is 0.476 e. The maximum atomic E-state index is 10.4. The molecule has 0 aromatic carbocycles. The third-order valence-electron chi connectivity index (χ3n) is 1.12. The summed E-state index contributed by atoms with van der Waals surface area (Å²) in [6.07, 6.45) is 1.42. The Balaban J connectivity index is 3.23. The SMILES string of the molecule is Cc1cnc(N)c(C(=O)O)n1. The van der Waals surface area contributed by atoms with Crippen LogP contribution in [0.3, 0.4) is 0 Å². The number of carbonyl (C=O) groups is 1. The van der Waals surface area contributed by atoms with Crippen LogP contribution in [0.25, 0.3) is 0 Å². The highest BCUT2D eigenvalue weighted by Crippen LogP contribution is 2.04. The lowest BCUT2D eigenvalue weighted by molar-refractivity contribution is 0.0691. The normalized spacial score (nSPS) is 9.55. The van der Waals surface area contributed by atoms with Gasteiger partial charge in [-0.05, 0) is 6.92 Å². The van der Waals surface area contributed by atoms with Crippen LogP contribution in [0.4, 0.5) is 5.82 Å².